The minimum Gasteiger partial charge on any atom is -0.489 e. The molecular formula is C20H20ClNO5. The number of esters is 1. The van der Waals surface area contributed by atoms with E-state index in [1.54, 1.807) is 0 Å². The molecule has 0 spiro atoms. The van der Waals surface area contributed by atoms with Crippen LogP contribution in [0.1, 0.15) is 35.3 Å². The van der Waals surface area contributed by atoms with Crippen molar-refractivity contribution in [1.29, 1.82) is 0 Å². The van der Waals surface area contributed by atoms with Crippen molar-refractivity contribution >= 4 is 23.5 Å². The van der Waals surface area contributed by atoms with Gasteiger partial charge in [0, 0.05) is 6.42 Å². The number of fused-ring (bicyclic) bond motifs is 1. The lowest BCUT2D eigenvalue weighted by Gasteiger charge is -2.14. The van der Waals surface area contributed by atoms with Crippen LogP contribution in [0.2, 0.25) is 5.02 Å². The number of rotatable bonds is 5. The minimum atomic E-state index is -0.657. The lowest BCUT2D eigenvalue weighted by Crippen LogP contribution is -2.31. The Labute approximate surface area is 162 Å². The van der Waals surface area contributed by atoms with Crippen LogP contribution in [-0.4, -0.2) is 31.7 Å². The molecule has 0 unspecified atom stereocenters. The largest absolute Gasteiger partial charge is 0.489 e. The Morgan fingerprint density at radius 2 is 1.93 bits per heavy atom. The molecule has 0 bridgehead atoms. The number of hydrogen-bond donors (Lipinski definition) is 1. The standard InChI is InChI=1S/C20H20ClNO5/c1-13(14-6-3-2-4-7-14)22-18(23)12-27-20(24)15-10-16(21)19-17(11-15)25-8-5-9-26-19/h2-4,6-7,10-11,13H,5,8-9,12H2,1H3,(H,22,23)/t13-/m1/s1. The number of carbonyl (C=O) groups excluding carboxylic acids is 2. The van der Waals surface area contributed by atoms with E-state index in [-0.39, 0.29) is 29.1 Å². The summed E-state index contributed by atoms with van der Waals surface area (Å²) in [6.07, 6.45) is 0.727. The molecule has 1 aliphatic rings. The first-order valence-electron chi connectivity index (χ1n) is 8.65. The van der Waals surface area contributed by atoms with Crippen molar-refractivity contribution < 1.29 is 23.8 Å². The summed E-state index contributed by atoms with van der Waals surface area (Å²) in [6.45, 7) is 2.44. The number of carbonyl (C=O) groups is 2. The third kappa shape index (κ3) is 4.92. The maximum absolute atomic E-state index is 12.3. The number of benzene rings is 2. The number of amides is 1. The first-order chi connectivity index (χ1) is 13.0. The molecule has 3 rings (SSSR count). The van der Waals surface area contributed by atoms with Crippen LogP contribution in [0.5, 0.6) is 11.5 Å². The molecule has 0 saturated heterocycles. The second-order valence-corrected chi connectivity index (χ2v) is 6.52. The molecule has 0 radical (unpaired) electrons. The van der Waals surface area contributed by atoms with Crippen molar-refractivity contribution in [2.24, 2.45) is 0 Å². The number of hydrogen-bond acceptors (Lipinski definition) is 5. The molecule has 0 saturated carbocycles. The van der Waals surface area contributed by atoms with Gasteiger partial charge in [0.25, 0.3) is 5.91 Å². The predicted octanol–water partition coefficient (Wildman–Crippen LogP) is 3.54. The van der Waals surface area contributed by atoms with Gasteiger partial charge in [-0.25, -0.2) is 4.79 Å². The van der Waals surface area contributed by atoms with Crippen molar-refractivity contribution in [3.63, 3.8) is 0 Å². The van der Waals surface area contributed by atoms with Gasteiger partial charge in [-0.1, -0.05) is 41.9 Å². The van der Waals surface area contributed by atoms with Crippen molar-refractivity contribution in [2.45, 2.75) is 19.4 Å². The van der Waals surface area contributed by atoms with Gasteiger partial charge in [-0.05, 0) is 24.6 Å². The summed E-state index contributed by atoms with van der Waals surface area (Å²) in [4.78, 5) is 24.3. The maximum atomic E-state index is 12.3. The molecule has 142 valence electrons. The molecule has 1 aliphatic heterocycles. The Morgan fingerprint density at radius 1 is 1.19 bits per heavy atom. The number of nitrogens with one attached hydrogen (secondary N) is 1. The van der Waals surface area contributed by atoms with Crippen molar-refractivity contribution in [3.8, 4) is 11.5 Å². The molecule has 1 atom stereocenters. The first kappa shape index (κ1) is 19.0. The second-order valence-electron chi connectivity index (χ2n) is 6.11. The summed E-state index contributed by atoms with van der Waals surface area (Å²) in [7, 11) is 0. The second kappa shape index (κ2) is 8.77. The Hall–Kier alpha value is -2.73. The Bertz CT molecular complexity index is 825. The Kier molecular flexibility index (Phi) is 6.19. The van der Waals surface area contributed by atoms with E-state index in [1.807, 2.05) is 37.3 Å². The van der Waals surface area contributed by atoms with Gasteiger partial charge < -0.3 is 19.5 Å². The highest BCUT2D eigenvalue weighted by Crippen LogP contribution is 2.38. The normalized spacial score (nSPS) is 14.0. The third-order valence-electron chi connectivity index (χ3n) is 4.05. The maximum Gasteiger partial charge on any atom is 0.338 e. The molecule has 1 heterocycles. The van der Waals surface area contributed by atoms with E-state index in [2.05, 4.69) is 5.32 Å². The van der Waals surface area contributed by atoms with E-state index in [4.69, 9.17) is 25.8 Å². The summed E-state index contributed by atoms with van der Waals surface area (Å²) in [5, 5.41) is 3.05. The van der Waals surface area contributed by atoms with Gasteiger partial charge in [0.05, 0.1) is 29.8 Å². The monoisotopic (exact) mass is 389 g/mol. The number of halogens is 1. The van der Waals surface area contributed by atoms with Crippen LogP contribution in [0.3, 0.4) is 0 Å². The van der Waals surface area contributed by atoms with Gasteiger partial charge in [0.2, 0.25) is 0 Å². The quantitative estimate of drug-likeness (QED) is 0.792. The van der Waals surface area contributed by atoms with Crippen molar-refractivity contribution in [3.05, 3.63) is 58.6 Å². The summed E-state index contributed by atoms with van der Waals surface area (Å²) in [6, 6.07) is 12.3. The Morgan fingerprint density at radius 3 is 2.70 bits per heavy atom. The number of ether oxygens (including phenoxy) is 3. The Balaban J connectivity index is 1.58. The SMILES string of the molecule is C[C@@H](NC(=O)COC(=O)c1cc(Cl)c2c(c1)OCCCO2)c1ccccc1. The van der Waals surface area contributed by atoms with Gasteiger partial charge in [-0.3, -0.25) is 4.79 Å². The van der Waals surface area contributed by atoms with Gasteiger partial charge >= 0.3 is 5.97 Å². The third-order valence-corrected chi connectivity index (χ3v) is 4.33. The fourth-order valence-electron chi connectivity index (χ4n) is 2.67. The van der Waals surface area contributed by atoms with E-state index < -0.39 is 5.97 Å². The van der Waals surface area contributed by atoms with Crippen molar-refractivity contribution in [2.75, 3.05) is 19.8 Å². The van der Waals surface area contributed by atoms with Gasteiger partial charge in [0.1, 0.15) is 0 Å². The molecular weight excluding hydrogens is 370 g/mol. The molecule has 0 aliphatic carbocycles. The zero-order valence-electron chi connectivity index (χ0n) is 14.9. The molecule has 1 N–H and O–H groups in total. The fourth-order valence-corrected chi connectivity index (χ4v) is 2.94. The highest BCUT2D eigenvalue weighted by Gasteiger charge is 2.20. The van der Waals surface area contributed by atoms with Crippen LogP contribution >= 0.6 is 11.6 Å². The molecule has 2 aromatic rings. The molecule has 0 fully saturated rings. The average molecular weight is 390 g/mol. The summed E-state index contributed by atoms with van der Waals surface area (Å²) >= 11 is 6.17. The van der Waals surface area contributed by atoms with Gasteiger partial charge in [0.15, 0.2) is 18.1 Å². The first-order valence-corrected chi connectivity index (χ1v) is 9.03. The van der Waals surface area contributed by atoms with Crippen LogP contribution in [0, 0.1) is 0 Å². The van der Waals surface area contributed by atoms with Crippen LogP contribution in [0.4, 0.5) is 0 Å². The topological polar surface area (TPSA) is 73.9 Å². The zero-order valence-corrected chi connectivity index (χ0v) is 15.6. The van der Waals surface area contributed by atoms with Crippen LogP contribution in [0.15, 0.2) is 42.5 Å². The highest BCUT2D eigenvalue weighted by molar-refractivity contribution is 6.32. The molecule has 27 heavy (non-hydrogen) atoms. The van der Waals surface area contributed by atoms with E-state index in [0.717, 1.165) is 12.0 Å². The summed E-state index contributed by atoms with van der Waals surface area (Å²) in [5.41, 5.74) is 1.17. The van der Waals surface area contributed by atoms with Crippen molar-refractivity contribution in [1.82, 2.24) is 5.32 Å². The predicted molar refractivity (Wildman–Crippen MR) is 100 cm³/mol. The van der Waals surface area contributed by atoms with E-state index >= 15 is 0 Å². The molecule has 0 aromatic heterocycles. The highest BCUT2D eigenvalue weighted by atomic mass is 35.5. The molecule has 2 aromatic carbocycles. The fraction of sp³-hybridized carbons (Fsp3) is 0.300. The zero-order chi connectivity index (χ0) is 19.2. The molecule has 6 nitrogen and oxygen atoms in total. The van der Waals surface area contributed by atoms with Crippen LogP contribution in [-0.2, 0) is 9.53 Å². The van der Waals surface area contributed by atoms with E-state index in [1.165, 1.54) is 12.1 Å². The molecule has 7 heteroatoms. The summed E-state index contributed by atoms with van der Waals surface area (Å²) in [5.74, 6) is -0.232. The van der Waals surface area contributed by atoms with E-state index in [0.29, 0.717) is 24.7 Å². The van der Waals surface area contributed by atoms with Crippen LogP contribution < -0.4 is 14.8 Å². The summed E-state index contributed by atoms with van der Waals surface area (Å²) < 4.78 is 16.2. The lowest BCUT2D eigenvalue weighted by molar-refractivity contribution is -0.124. The lowest BCUT2D eigenvalue weighted by atomic mass is 10.1. The minimum absolute atomic E-state index is 0.190. The smallest absolute Gasteiger partial charge is 0.338 e. The van der Waals surface area contributed by atoms with E-state index in [9.17, 15) is 9.59 Å². The van der Waals surface area contributed by atoms with Gasteiger partial charge in [-0.15, -0.1) is 0 Å². The molecule has 1 amide bonds. The van der Waals surface area contributed by atoms with Crippen LogP contribution in [0.25, 0.3) is 0 Å². The average Bonchev–Trinajstić information content (AvgIpc) is 2.92. The van der Waals surface area contributed by atoms with Gasteiger partial charge in [-0.2, -0.15) is 0 Å².